The number of carbonyl (C=O) groups is 1. The highest BCUT2D eigenvalue weighted by Gasteiger charge is 2.12. The Labute approximate surface area is 133 Å². The molecule has 1 aromatic rings. The molecule has 0 aliphatic rings. The van der Waals surface area contributed by atoms with Gasteiger partial charge in [0.15, 0.2) is 0 Å². The molecule has 1 aromatic carbocycles. The Morgan fingerprint density at radius 3 is 2.64 bits per heavy atom. The Hall–Kier alpha value is -1.75. The molecule has 0 fully saturated rings. The predicted molar refractivity (Wildman–Crippen MR) is 89.6 cm³/mol. The molecule has 5 nitrogen and oxygen atoms in total. The van der Waals surface area contributed by atoms with Crippen molar-refractivity contribution in [3.05, 3.63) is 24.3 Å². The number of hydrogen-bond acceptors (Lipinski definition) is 4. The summed E-state index contributed by atoms with van der Waals surface area (Å²) < 4.78 is 10.9. The Morgan fingerprint density at radius 1 is 1.27 bits per heavy atom. The standard InChI is InChI=1S/C17H28N2O3/c1-5-11-21-16-10-8-9-15(12-16)18-17(20)22-14(4)13-19(6-2)7-3/h8-10,12,14H,5-7,11,13H2,1-4H3,(H,18,20). The van der Waals surface area contributed by atoms with E-state index < -0.39 is 6.09 Å². The fourth-order valence-corrected chi connectivity index (χ4v) is 2.10. The highest BCUT2D eigenvalue weighted by Crippen LogP contribution is 2.17. The van der Waals surface area contributed by atoms with Gasteiger partial charge in [-0.25, -0.2) is 4.79 Å². The summed E-state index contributed by atoms with van der Waals surface area (Å²) in [6.07, 6.45) is 0.356. The summed E-state index contributed by atoms with van der Waals surface area (Å²) in [4.78, 5) is 14.1. The van der Waals surface area contributed by atoms with Crippen LogP contribution in [-0.4, -0.2) is 43.3 Å². The summed E-state index contributed by atoms with van der Waals surface area (Å²) in [5.41, 5.74) is 0.675. The van der Waals surface area contributed by atoms with Gasteiger partial charge in [-0.15, -0.1) is 0 Å². The number of carbonyl (C=O) groups excluding carboxylic acids is 1. The molecule has 0 aliphatic carbocycles. The van der Waals surface area contributed by atoms with E-state index in [2.05, 4.69) is 31.0 Å². The number of amides is 1. The highest BCUT2D eigenvalue weighted by molar-refractivity contribution is 5.84. The van der Waals surface area contributed by atoms with Crippen LogP contribution in [0.25, 0.3) is 0 Å². The fourth-order valence-electron chi connectivity index (χ4n) is 2.10. The van der Waals surface area contributed by atoms with Crippen molar-refractivity contribution < 1.29 is 14.3 Å². The highest BCUT2D eigenvalue weighted by atomic mass is 16.6. The summed E-state index contributed by atoms with van der Waals surface area (Å²) in [7, 11) is 0. The van der Waals surface area contributed by atoms with Crippen molar-refractivity contribution in [2.24, 2.45) is 0 Å². The molecule has 0 heterocycles. The molecule has 22 heavy (non-hydrogen) atoms. The molecule has 0 saturated heterocycles. The number of anilines is 1. The number of nitrogens with zero attached hydrogens (tertiary/aromatic N) is 1. The monoisotopic (exact) mass is 308 g/mol. The lowest BCUT2D eigenvalue weighted by atomic mass is 10.3. The third-order valence-corrected chi connectivity index (χ3v) is 3.27. The molecule has 1 amide bonds. The number of nitrogens with one attached hydrogen (secondary N) is 1. The van der Waals surface area contributed by atoms with Crippen LogP contribution in [-0.2, 0) is 4.74 Å². The average Bonchev–Trinajstić information content (AvgIpc) is 2.50. The van der Waals surface area contributed by atoms with Gasteiger partial charge in [-0.1, -0.05) is 26.8 Å². The largest absolute Gasteiger partial charge is 0.494 e. The minimum Gasteiger partial charge on any atom is -0.494 e. The van der Waals surface area contributed by atoms with Crippen molar-refractivity contribution in [3.8, 4) is 5.75 Å². The van der Waals surface area contributed by atoms with Crippen LogP contribution in [0.15, 0.2) is 24.3 Å². The first-order valence-corrected chi connectivity index (χ1v) is 8.01. The number of ether oxygens (including phenoxy) is 2. The topological polar surface area (TPSA) is 50.8 Å². The molecule has 0 aromatic heterocycles. The summed E-state index contributed by atoms with van der Waals surface area (Å²) in [5.74, 6) is 0.746. The lowest BCUT2D eigenvalue weighted by Crippen LogP contribution is -2.34. The maximum Gasteiger partial charge on any atom is 0.411 e. The van der Waals surface area contributed by atoms with E-state index in [1.165, 1.54) is 0 Å². The number of hydrogen-bond donors (Lipinski definition) is 1. The Bertz CT molecular complexity index is 447. The second-order valence-electron chi connectivity index (χ2n) is 5.20. The van der Waals surface area contributed by atoms with Crippen LogP contribution in [0.4, 0.5) is 10.5 Å². The molecular formula is C17H28N2O3. The first-order valence-electron chi connectivity index (χ1n) is 8.01. The normalized spacial score (nSPS) is 12.0. The molecule has 0 spiro atoms. The minimum atomic E-state index is -0.438. The van der Waals surface area contributed by atoms with Crippen LogP contribution in [0.2, 0.25) is 0 Å². The van der Waals surface area contributed by atoms with E-state index in [1.54, 1.807) is 6.07 Å². The fraction of sp³-hybridized carbons (Fsp3) is 0.588. The molecule has 1 atom stereocenters. The number of rotatable bonds is 9. The summed E-state index contributed by atoms with van der Waals surface area (Å²) >= 11 is 0. The zero-order chi connectivity index (χ0) is 16.4. The predicted octanol–water partition coefficient (Wildman–Crippen LogP) is 3.75. The van der Waals surface area contributed by atoms with Crippen LogP contribution < -0.4 is 10.1 Å². The zero-order valence-electron chi connectivity index (χ0n) is 14.1. The quantitative estimate of drug-likeness (QED) is 0.755. The molecule has 0 radical (unpaired) electrons. The van der Waals surface area contributed by atoms with Gasteiger partial charge >= 0.3 is 6.09 Å². The van der Waals surface area contributed by atoms with Crippen LogP contribution >= 0.6 is 0 Å². The van der Waals surface area contributed by atoms with Crippen molar-refractivity contribution in [2.45, 2.75) is 40.2 Å². The van der Waals surface area contributed by atoms with Gasteiger partial charge in [0.2, 0.25) is 0 Å². The molecule has 0 saturated carbocycles. The minimum absolute atomic E-state index is 0.153. The third kappa shape index (κ3) is 6.80. The first kappa shape index (κ1) is 18.3. The maximum absolute atomic E-state index is 11.9. The van der Waals surface area contributed by atoms with E-state index in [0.717, 1.165) is 31.8 Å². The van der Waals surface area contributed by atoms with E-state index in [4.69, 9.17) is 9.47 Å². The number of likely N-dealkylation sites (N-methyl/N-ethyl adjacent to an activating group) is 1. The Morgan fingerprint density at radius 2 is 2.00 bits per heavy atom. The second-order valence-corrected chi connectivity index (χ2v) is 5.20. The third-order valence-electron chi connectivity index (χ3n) is 3.27. The van der Waals surface area contributed by atoms with E-state index in [-0.39, 0.29) is 6.10 Å². The van der Waals surface area contributed by atoms with Crippen LogP contribution in [0.3, 0.4) is 0 Å². The average molecular weight is 308 g/mol. The maximum atomic E-state index is 11.9. The molecule has 0 aliphatic heterocycles. The van der Waals surface area contributed by atoms with Gasteiger partial charge < -0.3 is 14.4 Å². The van der Waals surface area contributed by atoms with Gasteiger partial charge in [-0.2, -0.15) is 0 Å². The Balaban J connectivity index is 2.47. The smallest absolute Gasteiger partial charge is 0.411 e. The van der Waals surface area contributed by atoms with Crippen LogP contribution in [0, 0.1) is 0 Å². The van der Waals surface area contributed by atoms with Crippen molar-refractivity contribution in [1.29, 1.82) is 0 Å². The van der Waals surface area contributed by atoms with Gasteiger partial charge in [-0.05, 0) is 38.6 Å². The SMILES string of the molecule is CCCOc1cccc(NC(=O)OC(C)CN(CC)CC)c1. The molecule has 1 N–H and O–H groups in total. The molecule has 0 bridgehead atoms. The van der Waals surface area contributed by atoms with E-state index >= 15 is 0 Å². The van der Waals surface area contributed by atoms with Gasteiger partial charge in [0.1, 0.15) is 11.9 Å². The molecular weight excluding hydrogens is 280 g/mol. The molecule has 124 valence electrons. The van der Waals surface area contributed by atoms with Gasteiger partial charge in [-0.3, -0.25) is 5.32 Å². The Kier molecular flexibility index (Phi) is 8.36. The van der Waals surface area contributed by atoms with Crippen LogP contribution in [0.1, 0.15) is 34.1 Å². The van der Waals surface area contributed by atoms with Gasteiger partial charge in [0.05, 0.1) is 6.61 Å². The van der Waals surface area contributed by atoms with Crippen molar-refractivity contribution in [3.63, 3.8) is 0 Å². The second kappa shape index (κ2) is 10.1. The lowest BCUT2D eigenvalue weighted by molar-refractivity contribution is 0.0929. The van der Waals surface area contributed by atoms with E-state index in [9.17, 15) is 4.79 Å². The van der Waals surface area contributed by atoms with E-state index in [1.807, 2.05) is 25.1 Å². The summed E-state index contributed by atoms with van der Waals surface area (Å²) in [6, 6.07) is 7.33. The van der Waals surface area contributed by atoms with Crippen molar-refractivity contribution in [2.75, 3.05) is 31.6 Å². The van der Waals surface area contributed by atoms with E-state index in [0.29, 0.717) is 12.3 Å². The van der Waals surface area contributed by atoms with Gasteiger partial charge in [0.25, 0.3) is 0 Å². The number of benzene rings is 1. The summed E-state index contributed by atoms with van der Waals surface area (Å²) in [6.45, 7) is 11.4. The van der Waals surface area contributed by atoms with Crippen molar-refractivity contribution in [1.82, 2.24) is 4.90 Å². The van der Waals surface area contributed by atoms with Crippen molar-refractivity contribution >= 4 is 11.8 Å². The van der Waals surface area contributed by atoms with Gasteiger partial charge in [0, 0.05) is 18.3 Å². The first-order chi connectivity index (χ1) is 10.6. The molecule has 5 heteroatoms. The molecule has 1 rings (SSSR count). The van der Waals surface area contributed by atoms with Crippen LogP contribution in [0.5, 0.6) is 5.75 Å². The summed E-state index contributed by atoms with van der Waals surface area (Å²) in [5, 5.41) is 2.74. The molecule has 1 unspecified atom stereocenters. The lowest BCUT2D eigenvalue weighted by Gasteiger charge is -2.22. The zero-order valence-corrected chi connectivity index (χ0v) is 14.1.